The van der Waals surface area contributed by atoms with Gasteiger partial charge in [-0.1, -0.05) is 0 Å². The third kappa shape index (κ3) is 3.98. The van der Waals surface area contributed by atoms with Crippen LogP contribution in [0.25, 0.3) is 0 Å². The minimum Gasteiger partial charge on any atom is -0.383 e. The molecule has 2 aliphatic rings. The van der Waals surface area contributed by atoms with Gasteiger partial charge in [0.25, 0.3) is 5.91 Å². The molecule has 0 spiro atoms. The molecule has 2 saturated heterocycles. The van der Waals surface area contributed by atoms with Crippen LogP contribution in [0.2, 0.25) is 0 Å². The van der Waals surface area contributed by atoms with Crippen LogP contribution in [0.1, 0.15) is 37.2 Å². The lowest BCUT2D eigenvalue weighted by atomic mass is 9.93. The summed E-state index contributed by atoms with van der Waals surface area (Å²) >= 11 is 0. The van der Waals surface area contributed by atoms with Gasteiger partial charge in [-0.25, -0.2) is 4.98 Å². The zero-order valence-electron chi connectivity index (χ0n) is 14.9. The van der Waals surface area contributed by atoms with Gasteiger partial charge in [0.15, 0.2) is 0 Å². The maximum atomic E-state index is 12.4. The molecule has 0 aromatic carbocycles. The molecule has 0 radical (unpaired) electrons. The molecule has 2 aliphatic heterocycles. The van der Waals surface area contributed by atoms with E-state index < -0.39 is 0 Å². The predicted molar refractivity (Wildman–Crippen MR) is 90.8 cm³/mol. The Morgan fingerprint density at radius 3 is 2.83 bits per heavy atom. The van der Waals surface area contributed by atoms with Crippen molar-refractivity contribution in [2.75, 3.05) is 33.4 Å². The summed E-state index contributed by atoms with van der Waals surface area (Å²) in [6.45, 7) is 6.08. The van der Waals surface area contributed by atoms with E-state index in [9.17, 15) is 4.79 Å². The highest BCUT2D eigenvalue weighted by atomic mass is 16.5. The maximum Gasteiger partial charge on any atom is 0.251 e. The van der Waals surface area contributed by atoms with Crippen molar-refractivity contribution in [1.82, 2.24) is 14.5 Å². The van der Waals surface area contributed by atoms with Crippen LogP contribution in [0.15, 0.2) is 6.20 Å². The number of aromatic nitrogens is 2. The number of hydrogen-bond acceptors (Lipinski definition) is 4. The molecule has 2 fully saturated rings. The first-order chi connectivity index (χ1) is 11.7. The molecule has 0 aliphatic carbocycles. The molecule has 6 nitrogen and oxygen atoms in total. The number of carbonyl (C=O) groups excluding carboxylic acids is 1. The van der Waals surface area contributed by atoms with E-state index in [-0.39, 0.29) is 12.0 Å². The first kappa shape index (κ1) is 17.4. The summed E-state index contributed by atoms with van der Waals surface area (Å²) in [6, 6.07) is 0. The lowest BCUT2D eigenvalue weighted by Gasteiger charge is -2.33. The summed E-state index contributed by atoms with van der Waals surface area (Å²) < 4.78 is 13.0. The van der Waals surface area contributed by atoms with E-state index in [0.717, 1.165) is 64.2 Å². The van der Waals surface area contributed by atoms with E-state index in [4.69, 9.17) is 9.47 Å². The van der Waals surface area contributed by atoms with Crippen LogP contribution in [0.4, 0.5) is 0 Å². The molecule has 3 rings (SSSR count). The summed E-state index contributed by atoms with van der Waals surface area (Å²) in [5.74, 6) is 1.94. The third-order valence-corrected chi connectivity index (χ3v) is 5.26. The van der Waals surface area contributed by atoms with Gasteiger partial charge in [-0.15, -0.1) is 0 Å². The number of rotatable bonds is 6. The van der Waals surface area contributed by atoms with E-state index in [1.165, 1.54) is 5.69 Å². The van der Waals surface area contributed by atoms with Crippen molar-refractivity contribution in [3.8, 4) is 0 Å². The van der Waals surface area contributed by atoms with E-state index in [1.807, 2.05) is 11.1 Å². The van der Waals surface area contributed by atoms with Gasteiger partial charge >= 0.3 is 0 Å². The molecule has 3 heterocycles. The van der Waals surface area contributed by atoms with Crippen molar-refractivity contribution >= 4 is 5.91 Å². The number of carbonyl (C=O) groups is 1. The molecule has 24 heavy (non-hydrogen) atoms. The standard InChI is InChI=1S/C18H29N3O3/c1-14-13-19-17(21(14)9-11-23-2)12-15-5-7-20(8-6-15)18(22)16-4-3-10-24-16/h13,15-16H,3-12H2,1-2H3. The van der Waals surface area contributed by atoms with E-state index in [1.54, 1.807) is 7.11 Å². The Morgan fingerprint density at radius 1 is 1.38 bits per heavy atom. The Labute approximate surface area is 144 Å². The van der Waals surface area contributed by atoms with Crippen LogP contribution in [-0.4, -0.2) is 59.9 Å². The number of imidazole rings is 1. The highest BCUT2D eigenvalue weighted by Crippen LogP contribution is 2.24. The van der Waals surface area contributed by atoms with Gasteiger partial charge in [0, 0.05) is 51.7 Å². The highest BCUT2D eigenvalue weighted by molar-refractivity contribution is 5.81. The number of hydrogen-bond donors (Lipinski definition) is 0. The normalized spacial score (nSPS) is 22.2. The second-order valence-corrected chi connectivity index (χ2v) is 6.93. The largest absolute Gasteiger partial charge is 0.383 e. The molecule has 1 amide bonds. The van der Waals surface area contributed by atoms with Gasteiger partial charge in [0.2, 0.25) is 0 Å². The first-order valence-corrected chi connectivity index (χ1v) is 9.09. The highest BCUT2D eigenvalue weighted by Gasteiger charge is 2.31. The van der Waals surface area contributed by atoms with Crippen LogP contribution in [0.3, 0.4) is 0 Å². The van der Waals surface area contributed by atoms with Gasteiger partial charge in [-0.05, 0) is 38.5 Å². The molecule has 0 N–H and O–H groups in total. The molecular weight excluding hydrogens is 306 g/mol. The fraction of sp³-hybridized carbons (Fsp3) is 0.778. The maximum absolute atomic E-state index is 12.4. The average molecular weight is 335 g/mol. The molecule has 6 heteroatoms. The number of methoxy groups -OCH3 is 1. The molecule has 1 unspecified atom stereocenters. The molecule has 0 saturated carbocycles. The fourth-order valence-electron chi connectivity index (χ4n) is 3.75. The predicted octanol–water partition coefficient (Wildman–Crippen LogP) is 1.80. The van der Waals surface area contributed by atoms with Crippen LogP contribution < -0.4 is 0 Å². The Bertz CT molecular complexity index is 544. The van der Waals surface area contributed by atoms with Crippen molar-refractivity contribution in [2.24, 2.45) is 5.92 Å². The van der Waals surface area contributed by atoms with Crippen molar-refractivity contribution in [3.05, 3.63) is 17.7 Å². The molecule has 1 atom stereocenters. The Hall–Kier alpha value is -1.40. The second kappa shape index (κ2) is 8.12. The van der Waals surface area contributed by atoms with Crippen LogP contribution in [-0.2, 0) is 27.2 Å². The topological polar surface area (TPSA) is 56.6 Å². The summed E-state index contributed by atoms with van der Waals surface area (Å²) in [7, 11) is 1.73. The quantitative estimate of drug-likeness (QED) is 0.795. The van der Waals surface area contributed by atoms with E-state index in [0.29, 0.717) is 12.5 Å². The van der Waals surface area contributed by atoms with E-state index >= 15 is 0 Å². The van der Waals surface area contributed by atoms with Gasteiger partial charge in [-0.2, -0.15) is 0 Å². The van der Waals surface area contributed by atoms with Crippen LogP contribution >= 0.6 is 0 Å². The van der Waals surface area contributed by atoms with Gasteiger partial charge < -0.3 is 18.9 Å². The lowest BCUT2D eigenvalue weighted by molar-refractivity contribution is -0.142. The molecule has 134 valence electrons. The summed E-state index contributed by atoms with van der Waals surface area (Å²) in [4.78, 5) is 19.0. The molecular formula is C18H29N3O3. The zero-order chi connectivity index (χ0) is 16.9. The number of amides is 1. The lowest BCUT2D eigenvalue weighted by Crippen LogP contribution is -2.44. The fourth-order valence-corrected chi connectivity index (χ4v) is 3.75. The number of likely N-dealkylation sites (tertiary alicyclic amines) is 1. The SMILES string of the molecule is COCCn1c(C)cnc1CC1CCN(C(=O)C2CCCO2)CC1. The minimum atomic E-state index is -0.183. The Kier molecular flexibility index (Phi) is 5.89. The van der Waals surface area contributed by atoms with Crippen molar-refractivity contribution in [2.45, 2.75) is 51.7 Å². The van der Waals surface area contributed by atoms with Gasteiger partial charge in [0.1, 0.15) is 11.9 Å². The van der Waals surface area contributed by atoms with Crippen molar-refractivity contribution in [3.63, 3.8) is 0 Å². The number of ether oxygens (including phenoxy) is 2. The van der Waals surface area contributed by atoms with Crippen molar-refractivity contribution < 1.29 is 14.3 Å². The van der Waals surface area contributed by atoms with Gasteiger partial charge in [0.05, 0.1) is 6.61 Å². The second-order valence-electron chi connectivity index (χ2n) is 6.93. The molecule has 1 aromatic rings. The third-order valence-electron chi connectivity index (χ3n) is 5.26. The zero-order valence-corrected chi connectivity index (χ0v) is 14.9. The summed E-state index contributed by atoms with van der Waals surface area (Å²) in [5, 5.41) is 0. The molecule has 1 aromatic heterocycles. The summed E-state index contributed by atoms with van der Waals surface area (Å²) in [6.07, 6.45) is 6.74. The Balaban J connectivity index is 1.51. The summed E-state index contributed by atoms with van der Waals surface area (Å²) in [5.41, 5.74) is 1.19. The Morgan fingerprint density at radius 2 is 2.17 bits per heavy atom. The number of nitrogens with zero attached hydrogens (tertiary/aromatic N) is 3. The monoisotopic (exact) mass is 335 g/mol. The van der Waals surface area contributed by atoms with E-state index in [2.05, 4.69) is 16.5 Å². The number of aryl methyl sites for hydroxylation is 1. The molecule has 0 bridgehead atoms. The average Bonchev–Trinajstić information content (AvgIpc) is 3.24. The number of piperidine rings is 1. The smallest absolute Gasteiger partial charge is 0.251 e. The van der Waals surface area contributed by atoms with Crippen LogP contribution in [0.5, 0.6) is 0 Å². The first-order valence-electron chi connectivity index (χ1n) is 9.09. The van der Waals surface area contributed by atoms with Gasteiger partial charge in [-0.3, -0.25) is 4.79 Å². The van der Waals surface area contributed by atoms with Crippen LogP contribution in [0, 0.1) is 12.8 Å². The minimum absolute atomic E-state index is 0.183. The van der Waals surface area contributed by atoms with Crippen molar-refractivity contribution in [1.29, 1.82) is 0 Å².